The van der Waals surface area contributed by atoms with Crippen LogP contribution in [0.15, 0.2) is 65.3 Å². The zero-order valence-electron chi connectivity index (χ0n) is 15.4. The molecule has 2 heterocycles. The molecule has 1 N–H and O–H groups in total. The Balaban J connectivity index is 2.08. The fraction of sp³-hybridized carbons (Fsp3) is 0.0909. The van der Waals surface area contributed by atoms with Crippen LogP contribution in [0.4, 0.5) is 4.39 Å². The zero-order valence-corrected chi connectivity index (χ0v) is 17.0. The van der Waals surface area contributed by atoms with Crippen molar-refractivity contribution in [3.05, 3.63) is 82.3 Å². The SMILES string of the molecule is COc1ncccc1-c1c(C(=O)O)n(Cc2ccccc2F)c2ccc(Br)cc12. The largest absolute Gasteiger partial charge is 0.481 e. The first-order chi connectivity index (χ1) is 14.0. The maximum absolute atomic E-state index is 14.3. The third-order valence-corrected chi connectivity index (χ3v) is 5.24. The number of carboxylic acids is 1. The summed E-state index contributed by atoms with van der Waals surface area (Å²) in [6, 6.07) is 15.3. The predicted molar refractivity (Wildman–Crippen MR) is 112 cm³/mol. The van der Waals surface area contributed by atoms with Gasteiger partial charge in [0.15, 0.2) is 0 Å². The summed E-state index contributed by atoms with van der Waals surface area (Å²) in [5.41, 5.74) is 2.17. The van der Waals surface area contributed by atoms with E-state index < -0.39 is 5.97 Å². The van der Waals surface area contributed by atoms with Crippen molar-refractivity contribution >= 4 is 32.8 Å². The van der Waals surface area contributed by atoms with E-state index in [0.717, 1.165) is 4.47 Å². The van der Waals surface area contributed by atoms with Gasteiger partial charge in [0.2, 0.25) is 5.88 Å². The second-order valence-corrected chi connectivity index (χ2v) is 7.34. The van der Waals surface area contributed by atoms with Gasteiger partial charge in [0, 0.05) is 38.3 Å². The summed E-state index contributed by atoms with van der Waals surface area (Å²) in [5, 5.41) is 10.8. The molecule has 0 amide bonds. The Kier molecular flexibility index (Phi) is 5.07. The van der Waals surface area contributed by atoms with E-state index >= 15 is 0 Å². The lowest BCUT2D eigenvalue weighted by molar-refractivity contribution is 0.0687. The molecule has 5 nitrogen and oxygen atoms in total. The third-order valence-electron chi connectivity index (χ3n) is 4.75. The molecule has 0 aliphatic rings. The van der Waals surface area contributed by atoms with Crippen LogP contribution in [-0.2, 0) is 6.54 Å². The number of ether oxygens (including phenoxy) is 1. The highest BCUT2D eigenvalue weighted by molar-refractivity contribution is 9.10. The number of carboxylic acid groups (broad SMARTS) is 1. The molecule has 0 fully saturated rings. The first kappa shape index (κ1) is 19.1. The van der Waals surface area contributed by atoms with E-state index in [1.54, 1.807) is 41.1 Å². The van der Waals surface area contributed by atoms with Crippen molar-refractivity contribution in [2.75, 3.05) is 7.11 Å². The number of aromatic carboxylic acids is 1. The smallest absolute Gasteiger partial charge is 0.353 e. The Morgan fingerprint density at radius 2 is 2.00 bits per heavy atom. The zero-order chi connectivity index (χ0) is 20.5. The van der Waals surface area contributed by atoms with Gasteiger partial charge in [-0.15, -0.1) is 0 Å². The van der Waals surface area contributed by atoms with E-state index in [9.17, 15) is 14.3 Å². The molecule has 0 atom stereocenters. The van der Waals surface area contributed by atoms with Gasteiger partial charge in [-0.05, 0) is 36.4 Å². The first-order valence-corrected chi connectivity index (χ1v) is 9.58. The van der Waals surface area contributed by atoms with Crippen LogP contribution in [0, 0.1) is 5.82 Å². The van der Waals surface area contributed by atoms with Crippen molar-refractivity contribution < 1.29 is 19.0 Å². The van der Waals surface area contributed by atoms with Gasteiger partial charge in [-0.3, -0.25) is 0 Å². The van der Waals surface area contributed by atoms with Crippen LogP contribution in [-0.4, -0.2) is 27.7 Å². The minimum absolute atomic E-state index is 0.0488. The summed E-state index contributed by atoms with van der Waals surface area (Å²) in [6.45, 7) is 0.0784. The molecular weight excluding hydrogens is 439 g/mol. The van der Waals surface area contributed by atoms with Gasteiger partial charge < -0.3 is 14.4 Å². The number of hydrogen-bond donors (Lipinski definition) is 1. The maximum atomic E-state index is 14.3. The molecule has 2 aromatic carbocycles. The molecule has 0 aliphatic carbocycles. The van der Waals surface area contributed by atoms with E-state index in [0.29, 0.717) is 33.5 Å². The van der Waals surface area contributed by atoms with Crippen molar-refractivity contribution in [1.82, 2.24) is 9.55 Å². The molecule has 0 radical (unpaired) electrons. The average molecular weight is 455 g/mol. The molecule has 4 aromatic rings. The molecule has 0 aliphatic heterocycles. The van der Waals surface area contributed by atoms with E-state index in [1.165, 1.54) is 13.2 Å². The average Bonchev–Trinajstić information content (AvgIpc) is 3.03. The molecule has 0 unspecified atom stereocenters. The predicted octanol–water partition coefficient (Wildman–Crippen LogP) is 5.36. The normalized spacial score (nSPS) is 11.0. The fourth-order valence-electron chi connectivity index (χ4n) is 3.53. The Morgan fingerprint density at radius 1 is 1.21 bits per heavy atom. The van der Waals surface area contributed by atoms with Crippen molar-refractivity contribution in [3.8, 4) is 17.0 Å². The maximum Gasteiger partial charge on any atom is 0.353 e. The van der Waals surface area contributed by atoms with Crippen LogP contribution in [0.2, 0.25) is 0 Å². The molecule has 2 aromatic heterocycles. The fourth-order valence-corrected chi connectivity index (χ4v) is 3.89. The van der Waals surface area contributed by atoms with E-state index in [4.69, 9.17) is 4.74 Å². The highest BCUT2D eigenvalue weighted by Crippen LogP contribution is 2.40. The summed E-state index contributed by atoms with van der Waals surface area (Å²) in [5.74, 6) is -1.18. The standard InChI is InChI=1S/C22H16BrFN2O3/c1-29-21-15(6-4-10-25-21)19-16-11-14(23)8-9-18(16)26(20(19)22(27)28)12-13-5-2-3-7-17(13)24/h2-11H,12H2,1H3,(H,27,28). The number of rotatable bonds is 5. The van der Waals surface area contributed by atoms with Crippen LogP contribution < -0.4 is 4.74 Å². The molecule has 7 heteroatoms. The lowest BCUT2D eigenvalue weighted by atomic mass is 10.0. The highest BCUT2D eigenvalue weighted by Gasteiger charge is 2.26. The minimum atomic E-state index is -1.12. The number of aromatic nitrogens is 2. The third kappa shape index (κ3) is 3.38. The van der Waals surface area contributed by atoms with Crippen molar-refractivity contribution in [1.29, 1.82) is 0 Å². The van der Waals surface area contributed by atoms with Gasteiger partial charge in [-0.2, -0.15) is 0 Å². The van der Waals surface area contributed by atoms with Crippen molar-refractivity contribution in [3.63, 3.8) is 0 Å². The van der Waals surface area contributed by atoms with Crippen LogP contribution in [0.3, 0.4) is 0 Å². The number of carbonyl (C=O) groups is 1. The van der Waals surface area contributed by atoms with Gasteiger partial charge in [0.1, 0.15) is 11.5 Å². The van der Waals surface area contributed by atoms with Crippen LogP contribution in [0.25, 0.3) is 22.0 Å². The van der Waals surface area contributed by atoms with Crippen molar-refractivity contribution in [2.24, 2.45) is 0 Å². The summed E-state index contributed by atoms with van der Waals surface area (Å²) in [6.07, 6.45) is 1.58. The van der Waals surface area contributed by atoms with Gasteiger partial charge >= 0.3 is 5.97 Å². The summed E-state index contributed by atoms with van der Waals surface area (Å²) in [7, 11) is 1.49. The molecular formula is C22H16BrFN2O3. The Morgan fingerprint density at radius 3 is 2.72 bits per heavy atom. The molecule has 4 rings (SSSR count). The van der Waals surface area contributed by atoms with Gasteiger partial charge in [0.25, 0.3) is 0 Å². The Labute approximate surface area is 174 Å². The van der Waals surface area contributed by atoms with E-state index in [2.05, 4.69) is 20.9 Å². The van der Waals surface area contributed by atoms with Gasteiger partial charge in [0.05, 0.1) is 13.7 Å². The van der Waals surface area contributed by atoms with Gasteiger partial charge in [-0.25, -0.2) is 14.2 Å². The monoisotopic (exact) mass is 454 g/mol. The summed E-state index contributed by atoms with van der Waals surface area (Å²) >= 11 is 3.46. The van der Waals surface area contributed by atoms with Crippen molar-refractivity contribution in [2.45, 2.75) is 6.54 Å². The van der Waals surface area contributed by atoms with Crippen LogP contribution >= 0.6 is 15.9 Å². The van der Waals surface area contributed by atoms with Crippen LogP contribution in [0.1, 0.15) is 16.1 Å². The molecule has 29 heavy (non-hydrogen) atoms. The topological polar surface area (TPSA) is 64.3 Å². The summed E-state index contributed by atoms with van der Waals surface area (Å²) in [4.78, 5) is 16.6. The molecule has 0 bridgehead atoms. The van der Waals surface area contributed by atoms with E-state index in [-0.39, 0.29) is 18.1 Å². The Bertz CT molecular complexity index is 1240. The molecule has 0 saturated heterocycles. The highest BCUT2D eigenvalue weighted by atomic mass is 79.9. The van der Waals surface area contributed by atoms with Gasteiger partial charge in [-0.1, -0.05) is 34.1 Å². The molecule has 0 saturated carbocycles. The molecule has 146 valence electrons. The number of hydrogen-bond acceptors (Lipinski definition) is 3. The Hall–Kier alpha value is -3.19. The lowest BCUT2D eigenvalue weighted by Gasteiger charge is -2.11. The number of methoxy groups -OCH3 is 1. The number of fused-ring (bicyclic) bond motifs is 1. The number of nitrogens with zero attached hydrogens (tertiary/aromatic N) is 2. The number of halogens is 2. The number of pyridine rings is 1. The van der Waals surface area contributed by atoms with Crippen LogP contribution in [0.5, 0.6) is 5.88 Å². The number of benzene rings is 2. The lowest BCUT2D eigenvalue weighted by Crippen LogP contribution is -2.11. The van der Waals surface area contributed by atoms with E-state index in [1.807, 2.05) is 18.2 Å². The quantitative estimate of drug-likeness (QED) is 0.440. The second-order valence-electron chi connectivity index (χ2n) is 6.43. The summed E-state index contributed by atoms with van der Waals surface area (Å²) < 4.78 is 22.1. The first-order valence-electron chi connectivity index (χ1n) is 8.79. The minimum Gasteiger partial charge on any atom is -0.481 e. The molecule has 0 spiro atoms. The second kappa shape index (κ2) is 7.67.